The molecule has 0 saturated carbocycles. The summed E-state index contributed by atoms with van der Waals surface area (Å²) in [4.78, 5) is 2.28. The van der Waals surface area contributed by atoms with E-state index < -0.39 is 10.0 Å². The lowest BCUT2D eigenvalue weighted by molar-refractivity contribution is 0.0381. The number of fused-ring (bicyclic) bond motifs is 1. The normalized spacial score (nSPS) is 19.1. The molecule has 23 heavy (non-hydrogen) atoms. The van der Waals surface area contributed by atoms with E-state index in [2.05, 4.69) is 17.9 Å². The van der Waals surface area contributed by atoms with Gasteiger partial charge in [-0.2, -0.15) is 0 Å². The molecular weight excluding hydrogens is 312 g/mol. The molecule has 1 saturated heterocycles. The summed E-state index contributed by atoms with van der Waals surface area (Å²) in [6, 6.07) is 4.16. The summed E-state index contributed by atoms with van der Waals surface area (Å²) >= 11 is 0. The molecule has 5 nitrogen and oxygen atoms in total. The van der Waals surface area contributed by atoms with E-state index in [1.807, 2.05) is 13.0 Å². The highest BCUT2D eigenvalue weighted by atomic mass is 32.2. The van der Waals surface area contributed by atoms with Crippen molar-refractivity contribution in [3.05, 3.63) is 28.8 Å². The molecule has 2 heterocycles. The summed E-state index contributed by atoms with van der Waals surface area (Å²) in [7, 11) is -3.23. The Kier molecular flexibility index (Phi) is 4.94. The van der Waals surface area contributed by atoms with E-state index in [0.717, 1.165) is 56.1 Å². The van der Waals surface area contributed by atoms with Crippen molar-refractivity contribution in [2.45, 2.75) is 26.7 Å². The Balaban J connectivity index is 1.64. The summed E-state index contributed by atoms with van der Waals surface area (Å²) in [5.74, 6) is 0.219. The monoisotopic (exact) mass is 338 g/mol. The molecule has 0 unspecified atom stereocenters. The number of hydrogen-bond acceptors (Lipinski definition) is 4. The number of nitrogens with zero attached hydrogens (tertiary/aromatic N) is 2. The number of ether oxygens (including phenoxy) is 1. The van der Waals surface area contributed by atoms with E-state index in [4.69, 9.17) is 4.74 Å². The third-order valence-corrected chi connectivity index (χ3v) is 6.72. The standard InChI is InChI=1S/C17H26N2O3S/c1-14-12-16-4-6-19(17(16)13-15(14)2)23(20,21)11-3-5-18-7-9-22-10-8-18/h12-13H,3-11H2,1-2H3. The molecular formula is C17H26N2O3S. The molecule has 6 heteroatoms. The van der Waals surface area contributed by atoms with E-state index in [9.17, 15) is 8.42 Å². The van der Waals surface area contributed by atoms with Crippen molar-refractivity contribution in [2.24, 2.45) is 0 Å². The first kappa shape index (κ1) is 16.7. The fraction of sp³-hybridized carbons (Fsp3) is 0.647. The van der Waals surface area contributed by atoms with Gasteiger partial charge in [0.1, 0.15) is 0 Å². The number of sulfonamides is 1. The molecule has 1 fully saturated rings. The Bertz CT molecular complexity index is 667. The summed E-state index contributed by atoms with van der Waals surface area (Å²) in [5, 5.41) is 0. The minimum Gasteiger partial charge on any atom is -0.379 e. The van der Waals surface area contributed by atoms with Crippen LogP contribution in [0.3, 0.4) is 0 Å². The first-order valence-corrected chi connectivity index (χ1v) is 9.99. The van der Waals surface area contributed by atoms with Gasteiger partial charge < -0.3 is 4.74 Å². The van der Waals surface area contributed by atoms with Crippen LogP contribution in [-0.4, -0.2) is 58.5 Å². The number of rotatable bonds is 5. The second-order valence-corrected chi connectivity index (χ2v) is 8.52. The van der Waals surface area contributed by atoms with Gasteiger partial charge in [-0.25, -0.2) is 8.42 Å². The lowest BCUT2D eigenvalue weighted by atomic mass is 10.0. The minimum absolute atomic E-state index is 0.219. The predicted molar refractivity (Wildman–Crippen MR) is 92.6 cm³/mol. The lowest BCUT2D eigenvalue weighted by Crippen LogP contribution is -2.38. The molecule has 128 valence electrons. The molecule has 2 aliphatic rings. The third-order valence-electron chi connectivity index (χ3n) is 4.86. The van der Waals surface area contributed by atoms with Crippen molar-refractivity contribution in [3.8, 4) is 0 Å². The molecule has 3 rings (SSSR count). The van der Waals surface area contributed by atoms with Gasteiger partial charge in [0, 0.05) is 19.6 Å². The summed E-state index contributed by atoms with van der Waals surface area (Å²) in [6.45, 7) is 8.85. The van der Waals surface area contributed by atoms with Crippen molar-refractivity contribution in [2.75, 3.05) is 49.5 Å². The Morgan fingerprint density at radius 2 is 1.78 bits per heavy atom. The Labute approximate surface area is 139 Å². The molecule has 0 amide bonds. The largest absolute Gasteiger partial charge is 0.379 e. The van der Waals surface area contributed by atoms with Gasteiger partial charge in [0.15, 0.2) is 0 Å². The van der Waals surface area contributed by atoms with Crippen LogP contribution in [0.15, 0.2) is 12.1 Å². The number of aryl methyl sites for hydroxylation is 2. The van der Waals surface area contributed by atoms with E-state index >= 15 is 0 Å². The van der Waals surface area contributed by atoms with E-state index in [1.165, 1.54) is 5.56 Å². The highest BCUT2D eigenvalue weighted by Gasteiger charge is 2.29. The van der Waals surface area contributed by atoms with Crippen LogP contribution in [0.5, 0.6) is 0 Å². The van der Waals surface area contributed by atoms with Crippen LogP contribution >= 0.6 is 0 Å². The van der Waals surface area contributed by atoms with Crippen LogP contribution in [0.25, 0.3) is 0 Å². The molecule has 0 atom stereocenters. The zero-order valence-electron chi connectivity index (χ0n) is 14.0. The van der Waals surface area contributed by atoms with Crippen LogP contribution in [0.4, 0.5) is 5.69 Å². The van der Waals surface area contributed by atoms with Crippen LogP contribution in [0.2, 0.25) is 0 Å². The number of benzene rings is 1. The first-order valence-electron chi connectivity index (χ1n) is 8.38. The Morgan fingerprint density at radius 1 is 1.09 bits per heavy atom. The summed E-state index contributed by atoms with van der Waals surface area (Å²) < 4.78 is 32.4. The maximum atomic E-state index is 12.7. The second-order valence-electron chi connectivity index (χ2n) is 6.51. The molecule has 0 aromatic heterocycles. The van der Waals surface area contributed by atoms with Crippen LogP contribution in [-0.2, 0) is 21.2 Å². The highest BCUT2D eigenvalue weighted by Crippen LogP contribution is 2.33. The zero-order chi connectivity index (χ0) is 16.4. The topological polar surface area (TPSA) is 49.9 Å². The van der Waals surface area contributed by atoms with E-state index in [1.54, 1.807) is 4.31 Å². The van der Waals surface area contributed by atoms with Gasteiger partial charge in [0.05, 0.1) is 24.7 Å². The molecule has 1 aromatic rings. The average molecular weight is 338 g/mol. The fourth-order valence-electron chi connectivity index (χ4n) is 3.33. The molecule has 2 aliphatic heterocycles. The molecule has 0 N–H and O–H groups in total. The molecule has 1 aromatic carbocycles. The van der Waals surface area contributed by atoms with Crippen molar-refractivity contribution in [1.29, 1.82) is 0 Å². The average Bonchev–Trinajstić information content (AvgIpc) is 2.92. The van der Waals surface area contributed by atoms with Gasteiger partial charge >= 0.3 is 0 Å². The van der Waals surface area contributed by atoms with E-state index in [0.29, 0.717) is 13.0 Å². The third kappa shape index (κ3) is 3.70. The van der Waals surface area contributed by atoms with Gasteiger partial charge in [0.25, 0.3) is 0 Å². The van der Waals surface area contributed by atoms with Gasteiger partial charge in [-0.3, -0.25) is 9.21 Å². The molecule has 0 radical (unpaired) electrons. The SMILES string of the molecule is Cc1cc2c(cc1C)N(S(=O)(=O)CCCN1CCOCC1)CC2. The Morgan fingerprint density at radius 3 is 2.52 bits per heavy atom. The molecule has 0 spiro atoms. The van der Waals surface area contributed by atoms with Gasteiger partial charge in [0.2, 0.25) is 10.0 Å². The summed E-state index contributed by atoms with van der Waals surface area (Å²) in [5.41, 5.74) is 4.43. The second kappa shape index (κ2) is 6.79. The lowest BCUT2D eigenvalue weighted by Gasteiger charge is -2.27. The molecule has 0 aliphatic carbocycles. The van der Waals surface area contributed by atoms with Crippen LogP contribution in [0, 0.1) is 13.8 Å². The number of anilines is 1. The predicted octanol–water partition coefficient (Wildman–Crippen LogP) is 1.72. The van der Waals surface area contributed by atoms with Gasteiger partial charge in [-0.15, -0.1) is 0 Å². The van der Waals surface area contributed by atoms with E-state index in [-0.39, 0.29) is 5.75 Å². The number of hydrogen-bond donors (Lipinski definition) is 0. The van der Waals surface area contributed by atoms with Gasteiger partial charge in [-0.05, 0) is 56.0 Å². The van der Waals surface area contributed by atoms with Crippen molar-refractivity contribution >= 4 is 15.7 Å². The quantitative estimate of drug-likeness (QED) is 0.820. The maximum Gasteiger partial charge on any atom is 0.235 e. The van der Waals surface area contributed by atoms with Gasteiger partial charge in [-0.1, -0.05) is 6.07 Å². The minimum atomic E-state index is -3.23. The fourth-order valence-corrected chi connectivity index (χ4v) is 4.88. The highest BCUT2D eigenvalue weighted by molar-refractivity contribution is 7.92. The van der Waals surface area contributed by atoms with Crippen LogP contribution < -0.4 is 4.31 Å². The maximum absolute atomic E-state index is 12.7. The first-order chi connectivity index (χ1) is 11.0. The van der Waals surface area contributed by atoms with Crippen molar-refractivity contribution in [1.82, 2.24) is 4.90 Å². The van der Waals surface area contributed by atoms with Crippen LogP contribution in [0.1, 0.15) is 23.1 Å². The molecule has 0 bridgehead atoms. The summed E-state index contributed by atoms with van der Waals surface area (Å²) in [6.07, 6.45) is 1.50. The number of morpholine rings is 1. The van der Waals surface area contributed by atoms with Crippen molar-refractivity contribution < 1.29 is 13.2 Å². The Hall–Kier alpha value is -1.11. The zero-order valence-corrected chi connectivity index (χ0v) is 14.9. The van der Waals surface area contributed by atoms with Crippen molar-refractivity contribution in [3.63, 3.8) is 0 Å². The smallest absolute Gasteiger partial charge is 0.235 e.